The van der Waals surface area contributed by atoms with Crippen LogP contribution in [0.2, 0.25) is 0 Å². The molecule has 5 heavy (non-hydrogen) atoms. The van der Waals surface area contributed by atoms with E-state index in [0.29, 0.717) is 0 Å². The second-order valence-electron chi connectivity index (χ2n) is 0. The first-order valence-corrected chi connectivity index (χ1v) is 0. The van der Waals surface area contributed by atoms with Crippen molar-refractivity contribution >= 4 is 50.9 Å². The van der Waals surface area contributed by atoms with Crippen LogP contribution in [0.5, 0.6) is 0 Å². The van der Waals surface area contributed by atoms with Gasteiger partial charge in [0.15, 0.2) is 0 Å². The zero-order valence-electron chi connectivity index (χ0n) is 2.60. The van der Waals surface area contributed by atoms with Gasteiger partial charge in [0.2, 0.25) is 0 Å². The van der Waals surface area contributed by atoms with Gasteiger partial charge in [-0.15, -0.1) is 50.9 Å². The van der Waals surface area contributed by atoms with Gasteiger partial charge in [-0.3, -0.25) is 0 Å². The van der Waals surface area contributed by atoms with E-state index in [0.717, 1.165) is 0 Å². The monoisotopic (exact) mass is 342 g/mol. The maximum absolute atomic E-state index is 0. The van der Waals surface area contributed by atoms with Crippen molar-refractivity contribution in [1.29, 1.82) is 0 Å². The molecule has 0 saturated carbocycles. The first-order valence-electron chi connectivity index (χ1n) is 0. The fourth-order valence-electron chi connectivity index (χ4n) is 0. The molecule has 0 amide bonds. The van der Waals surface area contributed by atoms with Crippen molar-refractivity contribution in [3.8, 4) is 0 Å². The van der Waals surface area contributed by atoms with Crippen molar-refractivity contribution in [3.63, 3.8) is 0 Å². The summed E-state index contributed by atoms with van der Waals surface area (Å²) < 4.78 is 0. The summed E-state index contributed by atoms with van der Waals surface area (Å²) in [5.41, 5.74) is 0. The molecule has 0 fully saturated rings. The van der Waals surface area contributed by atoms with E-state index < -0.39 is 0 Å². The summed E-state index contributed by atoms with van der Waals surface area (Å²) in [6.07, 6.45) is 0. The van der Waals surface area contributed by atoms with Gasteiger partial charge >= 0.3 is 29.6 Å². The predicted octanol–water partition coefficient (Wildman–Crippen LogP) is -4.26. The average Bonchev–Trinajstić information content (AvgIpc) is 0. The van der Waals surface area contributed by atoms with E-state index in [2.05, 4.69) is 0 Å². The second kappa shape index (κ2) is 28.4. The number of halogens is 4. The molecule has 0 aromatic rings. The van der Waals surface area contributed by atoms with Crippen molar-refractivity contribution < 1.29 is 46.5 Å². The van der Waals surface area contributed by atoms with Gasteiger partial charge < -0.3 is 17.0 Å². The van der Waals surface area contributed by atoms with Crippen LogP contribution >= 0.6 is 50.9 Å². The van der Waals surface area contributed by atoms with Crippen LogP contribution in [-0.4, -0.2) is 0 Å². The molecule has 5 heteroatoms. The Bertz CT molecular complexity index is 3.61. The van der Waals surface area contributed by atoms with Gasteiger partial charge in [0.1, 0.15) is 0 Å². The van der Waals surface area contributed by atoms with Crippen molar-refractivity contribution in [2.24, 2.45) is 0 Å². The molecular weight excluding hydrogens is 343 g/mol. The van der Waals surface area contributed by atoms with Gasteiger partial charge in [-0.1, -0.05) is 0 Å². The topological polar surface area (TPSA) is 0 Å². The van der Waals surface area contributed by atoms with E-state index in [9.17, 15) is 0 Å². The van der Waals surface area contributed by atoms with Gasteiger partial charge in [-0.25, -0.2) is 0 Å². The Labute approximate surface area is 95.8 Å². The van der Waals surface area contributed by atoms with Crippen molar-refractivity contribution in [2.75, 3.05) is 0 Å². The van der Waals surface area contributed by atoms with Crippen LogP contribution in [0, 0.1) is 0 Å². The Kier molecular flexibility index (Phi) is 253. The minimum absolute atomic E-state index is 0. The molecule has 0 aliphatic heterocycles. The average molecular weight is 346 g/mol. The van der Waals surface area contributed by atoms with Gasteiger partial charge in [0.25, 0.3) is 0 Å². The molecule has 0 saturated heterocycles. The normalized spacial score (nSPS) is 0. The van der Waals surface area contributed by atoms with Gasteiger partial charge in [-0.05, 0) is 0 Å². The number of rotatable bonds is 0. The summed E-state index contributed by atoms with van der Waals surface area (Å²) in [6, 6.07) is 0. The summed E-state index contributed by atoms with van der Waals surface area (Å²) >= 11 is 0. The molecule has 0 rings (SSSR count). The molecule has 0 aromatic carbocycles. The first kappa shape index (κ1) is 44.5. The predicted molar refractivity (Wildman–Crippen MR) is 31.0 cm³/mol. The Morgan fingerprint density at radius 2 is 0.600 bits per heavy atom. The molecule has 0 atom stereocenters. The van der Waals surface area contributed by atoms with Crippen LogP contribution in [0.25, 0.3) is 0 Å². The maximum atomic E-state index is 0. The van der Waals surface area contributed by atoms with E-state index in [4.69, 9.17) is 0 Å². The quantitative estimate of drug-likeness (QED) is 0.390. The molecule has 0 spiro atoms. The third kappa shape index (κ3) is 19.6. The zero-order valence-corrected chi connectivity index (χ0v) is 11.3. The van der Waals surface area contributed by atoms with Gasteiger partial charge in [0.05, 0.1) is 0 Å². The third-order valence-electron chi connectivity index (χ3n) is 0. The fourth-order valence-corrected chi connectivity index (χ4v) is 0. The van der Waals surface area contributed by atoms with E-state index >= 15 is 0 Å². The largest absolute Gasteiger partial charge is 1.00 e. The number of hydrogen-bond donors (Lipinski definition) is 0. The van der Waals surface area contributed by atoms with E-state index in [1.54, 1.807) is 0 Å². The van der Waals surface area contributed by atoms with Crippen molar-refractivity contribution in [2.45, 2.75) is 0 Å². The Morgan fingerprint density at radius 1 is 0.600 bits per heavy atom. The Morgan fingerprint density at radius 3 is 0.600 bits per heavy atom. The SMILES string of the molecule is Br.Br.Br.[Br-].[Na+]. The van der Waals surface area contributed by atoms with E-state index in [-0.39, 0.29) is 97.5 Å². The molecule has 0 unspecified atom stereocenters. The van der Waals surface area contributed by atoms with Crippen molar-refractivity contribution in [3.05, 3.63) is 0 Å². The minimum atomic E-state index is 0. The minimum Gasteiger partial charge on any atom is -1.00 e. The summed E-state index contributed by atoms with van der Waals surface area (Å²) in [4.78, 5) is 0. The van der Waals surface area contributed by atoms with Crippen LogP contribution in [0.15, 0.2) is 0 Å². The first-order chi connectivity index (χ1) is 0. The van der Waals surface area contributed by atoms with Crippen LogP contribution in [0.1, 0.15) is 0 Å². The van der Waals surface area contributed by atoms with Gasteiger partial charge in [0, 0.05) is 0 Å². The molecular formula is H3Br4Na. The standard InChI is InChI=1S/4BrH.Na/h4*1H;/q;;;;+1/p-1. The van der Waals surface area contributed by atoms with Gasteiger partial charge in [-0.2, -0.15) is 0 Å². The summed E-state index contributed by atoms with van der Waals surface area (Å²) in [7, 11) is 0. The smallest absolute Gasteiger partial charge is 1.00 e. The summed E-state index contributed by atoms with van der Waals surface area (Å²) in [6.45, 7) is 0. The van der Waals surface area contributed by atoms with E-state index in [1.165, 1.54) is 0 Å². The molecule has 0 radical (unpaired) electrons. The molecule has 0 aromatic heterocycles. The fraction of sp³-hybridized carbons (Fsp3) is 0. The molecule has 0 aliphatic rings. The van der Waals surface area contributed by atoms with Crippen molar-refractivity contribution in [1.82, 2.24) is 0 Å². The maximum Gasteiger partial charge on any atom is 1.00 e. The van der Waals surface area contributed by atoms with Crippen LogP contribution in [-0.2, 0) is 0 Å². The number of hydrogen-bond acceptors (Lipinski definition) is 0. The molecule has 0 aliphatic carbocycles. The second-order valence-corrected chi connectivity index (χ2v) is 0. The third-order valence-corrected chi connectivity index (χ3v) is 0. The molecule has 0 N–H and O–H groups in total. The Balaban J connectivity index is 0. The summed E-state index contributed by atoms with van der Waals surface area (Å²) in [5.74, 6) is 0. The van der Waals surface area contributed by atoms with Crippen LogP contribution in [0.4, 0.5) is 0 Å². The Hall–Kier alpha value is 2.92. The molecule has 0 bridgehead atoms. The van der Waals surface area contributed by atoms with E-state index in [1.807, 2.05) is 0 Å². The van der Waals surface area contributed by atoms with Crippen LogP contribution in [0.3, 0.4) is 0 Å². The molecule has 0 nitrogen and oxygen atoms in total. The zero-order chi connectivity index (χ0) is 0. The molecule has 0 heterocycles. The summed E-state index contributed by atoms with van der Waals surface area (Å²) in [5, 5.41) is 0. The van der Waals surface area contributed by atoms with Crippen LogP contribution < -0.4 is 46.5 Å². The molecule has 32 valence electrons.